The molecule has 0 aliphatic rings. The van der Waals surface area contributed by atoms with Gasteiger partial charge in [0.15, 0.2) is 6.10 Å². The average Bonchev–Trinajstić information content (AvgIpc) is 3.22. The zero-order chi connectivity index (χ0) is 42.3. The molecule has 0 fully saturated rings. The number of hydrogen-bond donors (Lipinski definition) is 0. The van der Waals surface area contributed by atoms with Gasteiger partial charge in [-0.1, -0.05) is 211 Å². The molecule has 0 spiro atoms. The van der Waals surface area contributed by atoms with Crippen molar-refractivity contribution >= 4 is 17.9 Å². The van der Waals surface area contributed by atoms with Crippen LogP contribution < -0.4 is 0 Å². The molecule has 0 aromatic heterocycles. The van der Waals surface area contributed by atoms with E-state index in [0.717, 1.165) is 83.5 Å². The van der Waals surface area contributed by atoms with Crippen LogP contribution in [0.2, 0.25) is 0 Å². The minimum Gasteiger partial charge on any atom is -0.462 e. The van der Waals surface area contributed by atoms with Crippen LogP contribution in [0.3, 0.4) is 0 Å². The third kappa shape index (κ3) is 44.5. The zero-order valence-corrected chi connectivity index (χ0v) is 38.3. The van der Waals surface area contributed by atoms with Crippen molar-refractivity contribution < 1.29 is 28.6 Å². The summed E-state index contributed by atoms with van der Waals surface area (Å²) in [5, 5.41) is 0. The van der Waals surface area contributed by atoms with Crippen LogP contribution in [-0.4, -0.2) is 37.2 Å². The molecule has 0 amide bonds. The first-order chi connectivity index (χ1) is 28.5. The number of carbonyl (C=O) groups excluding carboxylic acids is 3. The van der Waals surface area contributed by atoms with E-state index in [1.807, 2.05) is 0 Å². The Labute approximate surface area is 358 Å². The Morgan fingerprint density at radius 2 is 0.621 bits per heavy atom. The van der Waals surface area contributed by atoms with Crippen LogP contribution in [0.4, 0.5) is 0 Å². The normalized spacial score (nSPS) is 12.4. The second-order valence-corrected chi connectivity index (χ2v) is 16.4. The van der Waals surface area contributed by atoms with E-state index in [2.05, 4.69) is 69.4 Å². The van der Waals surface area contributed by atoms with Gasteiger partial charge >= 0.3 is 17.9 Å². The molecule has 1 atom stereocenters. The van der Waals surface area contributed by atoms with Crippen molar-refractivity contribution in [2.45, 2.75) is 252 Å². The Morgan fingerprint density at radius 3 is 1.00 bits per heavy atom. The van der Waals surface area contributed by atoms with Gasteiger partial charge in [0, 0.05) is 19.3 Å². The molecule has 6 nitrogen and oxygen atoms in total. The van der Waals surface area contributed by atoms with Crippen LogP contribution in [0, 0.1) is 0 Å². The van der Waals surface area contributed by atoms with Crippen molar-refractivity contribution in [2.75, 3.05) is 13.2 Å². The molecule has 0 unspecified atom stereocenters. The van der Waals surface area contributed by atoms with Crippen molar-refractivity contribution in [1.82, 2.24) is 0 Å². The van der Waals surface area contributed by atoms with E-state index in [0.29, 0.717) is 19.3 Å². The Kier molecular flexibility index (Phi) is 44.9. The van der Waals surface area contributed by atoms with E-state index in [1.165, 1.54) is 122 Å². The molecule has 58 heavy (non-hydrogen) atoms. The number of rotatable bonds is 44. The van der Waals surface area contributed by atoms with E-state index >= 15 is 0 Å². The summed E-state index contributed by atoms with van der Waals surface area (Å²) in [6.07, 6.45) is 55.2. The molecule has 0 heterocycles. The highest BCUT2D eigenvalue weighted by molar-refractivity contribution is 5.71. The molecule has 6 heteroatoms. The number of carbonyl (C=O) groups is 3. The molecular formula is C52H92O6. The van der Waals surface area contributed by atoms with E-state index in [-0.39, 0.29) is 31.1 Å². The van der Waals surface area contributed by atoms with Crippen molar-refractivity contribution in [3.63, 3.8) is 0 Å². The third-order valence-electron chi connectivity index (χ3n) is 10.6. The topological polar surface area (TPSA) is 78.9 Å². The lowest BCUT2D eigenvalue weighted by Crippen LogP contribution is -2.30. The molecule has 0 saturated heterocycles. The molecule has 0 radical (unpaired) electrons. The Balaban J connectivity index is 4.36. The van der Waals surface area contributed by atoms with Gasteiger partial charge in [-0.3, -0.25) is 14.4 Å². The van der Waals surface area contributed by atoms with Crippen LogP contribution in [0.25, 0.3) is 0 Å². The second-order valence-electron chi connectivity index (χ2n) is 16.4. The maximum absolute atomic E-state index is 12.7. The molecule has 0 aromatic carbocycles. The van der Waals surface area contributed by atoms with Gasteiger partial charge in [-0.25, -0.2) is 0 Å². The number of hydrogen-bond acceptors (Lipinski definition) is 6. The lowest BCUT2D eigenvalue weighted by atomic mass is 10.0. The molecule has 0 rings (SSSR count). The molecule has 0 saturated carbocycles. The fraction of sp³-hybridized carbons (Fsp3) is 0.788. The SMILES string of the molecule is CCCCC/C=C\C/C=C\C/C=C\C/C=C\CCCCCC(=O)OC[C@@H](COC(=O)CCCCCCCCCCC)OC(=O)CCCCCCCCCCCCCC. The van der Waals surface area contributed by atoms with Crippen LogP contribution in [-0.2, 0) is 28.6 Å². The molecule has 0 N–H and O–H groups in total. The fourth-order valence-corrected chi connectivity index (χ4v) is 6.84. The fourth-order valence-electron chi connectivity index (χ4n) is 6.84. The van der Waals surface area contributed by atoms with Crippen LogP contribution in [0.5, 0.6) is 0 Å². The average molecular weight is 813 g/mol. The molecule has 0 aliphatic carbocycles. The van der Waals surface area contributed by atoms with Gasteiger partial charge in [-0.05, 0) is 64.2 Å². The van der Waals surface area contributed by atoms with E-state index < -0.39 is 6.10 Å². The number of allylic oxidation sites excluding steroid dienone is 8. The Hall–Kier alpha value is -2.63. The monoisotopic (exact) mass is 813 g/mol. The minimum atomic E-state index is -0.779. The second kappa shape index (κ2) is 47.1. The molecular weight excluding hydrogens is 721 g/mol. The maximum Gasteiger partial charge on any atom is 0.306 e. The summed E-state index contributed by atoms with van der Waals surface area (Å²) in [7, 11) is 0. The Morgan fingerprint density at radius 1 is 0.345 bits per heavy atom. The lowest BCUT2D eigenvalue weighted by molar-refractivity contribution is -0.167. The van der Waals surface area contributed by atoms with Gasteiger partial charge < -0.3 is 14.2 Å². The predicted octanol–water partition coefficient (Wildman–Crippen LogP) is 15.9. The summed E-state index contributed by atoms with van der Waals surface area (Å²) < 4.78 is 16.7. The van der Waals surface area contributed by atoms with Crippen molar-refractivity contribution in [2.24, 2.45) is 0 Å². The first-order valence-electron chi connectivity index (χ1n) is 24.6. The van der Waals surface area contributed by atoms with Gasteiger partial charge in [0.1, 0.15) is 13.2 Å². The zero-order valence-electron chi connectivity index (χ0n) is 38.3. The first-order valence-corrected chi connectivity index (χ1v) is 24.6. The maximum atomic E-state index is 12.7. The summed E-state index contributed by atoms with van der Waals surface area (Å²) in [5.41, 5.74) is 0. The van der Waals surface area contributed by atoms with Crippen molar-refractivity contribution in [3.8, 4) is 0 Å². The lowest BCUT2D eigenvalue weighted by Gasteiger charge is -2.18. The smallest absolute Gasteiger partial charge is 0.306 e. The largest absolute Gasteiger partial charge is 0.462 e. The molecule has 0 bridgehead atoms. The number of esters is 3. The van der Waals surface area contributed by atoms with Gasteiger partial charge in [0.05, 0.1) is 0 Å². The number of ether oxygens (including phenoxy) is 3. The van der Waals surface area contributed by atoms with Gasteiger partial charge in [0.2, 0.25) is 0 Å². The first kappa shape index (κ1) is 55.4. The molecule has 0 aromatic rings. The predicted molar refractivity (Wildman–Crippen MR) is 247 cm³/mol. The van der Waals surface area contributed by atoms with E-state index in [4.69, 9.17) is 14.2 Å². The van der Waals surface area contributed by atoms with Crippen LogP contribution in [0.1, 0.15) is 245 Å². The summed E-state index contributed by atoms with van der Waals surface area (Å²) in [4.78, 5) is 37.8. The van der Waals surface area contributed by atoms with Gasteiger partial charge in [-0.2, -0.15) is 0 Å². The summed E-state index contributed by atoms with van der Waals surface area (Å²) in [6.45, 7) is 6.56. The van der Waals surface area contributed by atoms with Crippen LogP contribution in [0.15, 0.2) is 48.6 Å². The molecule has 0 aliphatic heterocycles. The highest BCUT2D eigenvalue weighted by atomic mass is 16.6. The standard InChI is InChI=1S/C52H92O6/c1-4-7-10-13-16-19-21-23-24-25-26-27-28-29-31-33-36-39-42-45-51(54)57-48-49(47-56-50(53)44-41-38-35-32-18-15-12-9-6-3)58-52(55)46-43-40-37-34-30-22-20-17-14-11-8-5-2/h16,19,23-24,26-27,29,31,49H,4-15,17-18,20-22,25,28,30,32-48H2,1-3H3/b19-16-,24-23-,27-26-,31-29-/t49-/m1/s1. The van der Waals surface area contributed by atoms with Crippen molar-refractivity contribution in [3.05, 3.63) is 48.6 Å². The van der Waals surface area contributed by atoms with E-state index in [1.54, 1.807) is 0 Å². The minimum absolute atomic E-state index is 0.0806. The highest BCUT2D eigenvalue weighted by Gasteiger charge is 2.19. The molecule has 336 valence electrons. The van der Waals surface area contributed by atoms with Gasteiger partial charge in [-0.15, -0.1) is 0 Å². The third-order valence-corrected chi connectivity index (χ3v) is 10.6. The Bertz CT molecular complexity index is 1030. The van der Waals surface area contributed by atoms with Crippen molar-refractivity contribution in [1.29, 1.82) is 0 Å². The van der Waals surface area contributed by atoms with Gasteiger partial charge in [0.25, 0.3) is 0 Å². The summed E-state index contributed by atoms with van der Waals surface area (Å²) in [5.74, 6) is -0.911. The quantitative estimate of drug-likeness (QED) is 0.0264. The number of unbranched alkanes of at least 4 members (excludes halogenated alkanes) is 25. The summed E-state index contributed by atoms with van der Waals surface area (Å²) in [6, 6.07) is 0. The highest BCUT2D eigenvalue weighted by Crippen LogP contribution is 2.15. The van der Waals surface area contributed by atoms with Crippen LogP contribution >= 0.6 is 0 Å². The van der Waals surface area contributed by atoms with E-state index in [9.17, 15) is 14.4 Å². The summed E-state index contributed by atoms with van der Waals surface area (Å²) >= 11 is 0.